The summed E-state index contributed by atoms with van der Waals surface area (Å²) in [6.07, 6.45) is 5.75. The number of carbonyl (C=O) groups excluding carboxylic acids is 3. The average molecular weight is 354 g/mol. The van der Waals surface area contributed by atoms with Crippen molar-refractivity contribution in [3.63, 3.8) is 0 Å². The quantitative estimate of drug-likeness (QED) is 0.284. The zero-order valence-corrected chi connectivity index (χ0v) is 15.2. The summed E-state index contributed by atoms with van der Waals surface area (Å²) in [7, 11) is 2.59. The van der Waals surface area contributed by atoms with Crippen LogP contribution in [0.25, 0.3) is 0 Å². The molecule has 2 bridgehead atoms. The second kappa shape index (κ2) is 7.56. The Labute approximate surface area is 147 Å². The molecule has 7 heteroatoms. The Balaban J connectivity index is 2.12. The van der Waals surface area contributed by atoms with Gasteiger partial charge in [0.05, 0.1) is 26.4 Å². The minimum atomic E-state index is -0.907. The molecule has 7 nitrogen and oxygen atoms in total. The van der Waals surface area contributed by atoms with Crippen LogP contribution in [0, 0.1) is 11.8 Å². The maximum atomic E-state index is 12.4. The van der Waals surface area contributed by atoms with Crippen LogP contribution < -0.4 is 0 Å². The van der Waals surface area contributed by atoms with Gasteiger partial charge in [0, 0.05) is 6.42 Å². The Morgan fingerprint density at radius 1 is 1.04 bits per heavy atom. The van der Waals surface area contributed by atoms with Crippen molar-refractivity contribution in [2.75, 3.05) is 20.8 Å². The second-order valence-electron chi connectivity index (χ2n) is 6.59. The van der Waals surface area contributed by atoms with Gasteiger partial charge in [-0.2, -0.15) is 0 Å². The Hall–Kier alpha value is -1.89. The van der Waals surface area contributed by atoms with Gasteiger partial charge in [-0.25, -0.2) is 0 Å². The van der Waals surface area contributed by atoms with Crippen LogP contribution in [0.1, 0.15) is 39.5 Å². The molecule has 2 heterocycles. The largest absolute Gasteiger partial charge is 0.469 e. The molecule has 0 N–H and O–H groups in total. The van der Waals surface area contributed by atoms with E-state index in [1.165, 1.54) is 14.2 Å². The van der Waals surface area contributed by atoms with Crippen molar-refractivity contribution in [3.05, 3.63) is 12.2 Å². The molecule has 1 saturated heterocycles. The van der Waals surface area contributed by atoms with E-state index in [9.17, 15) is 14.4 Å². The monoisotopic (exact) mass is 354 g/mol. The van der Waals surface area contributed by atoms with E-state index in [0.717, 1.165) is 0 Å². The van der Waals surface area contributed by atoms with E-state index in [4.69, 9.17) is 18.9 Å². The van der Waals surface area contributed by atoms with Crippen LogP contribution in [-0.4, -0.2) is 49.9 Å². The van der Waals surface area contributed by atoms with Crippen LogP contribution in [-0.2, 0) is 33.3 Å². The molecule has 0 unspecified atom stereocenters. The molecule has 0 spiro atoms. The number of hydrogen-bond acceptors (Lipinski definition) is 7. The van der Waals surface area contributed by atoms with Crippen molar-refractivity contribution in [2.45, 2.75) is 50.7 Å². The summed E-state index contributed by atoms with van der Waals surface area (Å²) >= 11 is 0. The van der Waals surface area contributed by atoms with Gasteiger partial charge in [0.25, 0.3) is 0 Å². The molecule has 4 atom stereocenters. The first-order valence-electron chi connectivity index (χ1n) is 8.55. The summed E-state index contributed by atoms with van der Waals surface area (Å²) in [4.78, 5) is 36.1. The van der Waals surface area contributed by atoms with Crippen molar-refractivity contribution in [2.24, 2.45) is 11.8 Å². The molecule has 0 aromatic carbocycles. The van der Waals surface area contributed by atoms with Crippen molar-refractivity contribution < 1.29 is 33.3 Å². The summed E-state index contributed by atoms with van der Waals surface area (Å²) in [5, 5.41) is 0. The van der Waals surface area contributed by atoms with E-state index in [-0.39, 0.29) is 5.97 Å². The van der Waals surface area contributed by atoms with Crippen molar-refractivity contribution in [1.82, 2.24) is 0 Å². The summed E-state index contributed by atoms with van der Waals surface area (Å²) in [6.45, 7) is 3.90. The summed E-state index contributed by atoms with van der Waals surface area (Å²) in [5.41, 5.74) is -1.80. The molecule has 0 aromatic rings. The van der Waals surface area contributed by atoms with Crippen molar-refractivity contribution in [1.29, 1.82) is 0 Å². The van der Waals surface area contributed by atoms with Gasteiger partial charge in [-0.3, -0.25) is 14.4 Å². The molecule has 0 radical (unpaired) electrons. The highest BCUT2D eigenvalue weighted by atomic mass is 16.6. The minimum Gasteiger partial charge on any atom is -0.469 e. The van der Waals surface area contributed by atoms with Crippen LogP contribution in [0.2, 0.25) is 0 Å². The van der Waals surface area contributed by atoms with Crippen LogP contribution in [0.4, 0.5) is 0 Å². The van der Waals surface area contributed by atoms with Crippen molar-refractivity contribution >= 4 is 17.9 Å². The highest BCUT2D eigenvalue weighted by molar-refractivity contribution is 5.86. The average Bonchev–Trinajstić information content (AvgIpc) is 3.06. The summed E-state index contributed by atoms with van der Waals surface area (Å²) in [5.74, 6) is -2.73. The minimum absolute atomic E-state index is 0.240. The fourth-order valence-electron chi connectivity index (χ4n) is 3.88. The van der Waals surface area contributed by atoms with Crippen LogP contribution in [0.5, 0.6) is 0 Å². The number of fused-ring (bicyclic) bond motifs is 2. The predicted octanol–water partition coefficient (Wildman–Crippen LogP) is 1.79. The van der Waals surface area contributed by atoms with Gasteiger partial charge in [0.15, 0.2) is 0 Å². The van der Waals surface area contributed by atoms with E-state index >= 15 is 0 Å². The molecular weight excluding hydrogens is 328 g/mol. The van der Waals surface area contributed by atoms with E-state index in [0.29, 0.717) is 32.3 Å². The van der Waals surface area contributed by atoms with E-state index in [1.807, 2.05) is 12.2 Å². The molecular formula is C18H26O7. The highest BCUT2D eigenvalue weighted by Crippen LogP contribution is 2.56. The van der Waals surface area contributed by atoms with Crippen LogP contribution in [0.15, 0.2) is 12.2 Å². The highest BCUT2D eigenvalue weighted by Gasteiger charge is 2.67. The lowest BCUT2D eigenvalue weighted by atomic mass is 9.69. The van der Waals surface area contributed by atoms with Gasteiger partial charge < -0.3 is 18.9 Å². The number of unbranched alkanes of at least 4 members (excludes halogenated alkanes) is 1. The molecule has 0 saturated carbocycles. The number of hydrogen-bond donors (Lipinski definition) is 0. The predicted molar refractivity (Wildman–Crippen MR) is 87.5 cm³/mol. The third-order valence-corrected chi connectivity index (χ3v) is 5.00. The first-order valence-corrected chi connectivity index (χ1v) is 8.55. The SMILES string of the molecule is CCOC(=O)CCCC[C@@]12C=C[C@@](C)(O1)[C@H](C(=O)OC)[C@@H]2C(=O)OC. The fourth-order valence-corrected chi connectivity index (χ4v) is 3.88. The van der Waals surface area contributed by atoms with Gasteiger partial charge in [0.2, 0.25) is 0 Å². The number of rotatable bonds is 8. The molecule has 140 valence electrons. The van der Waals surface area contributed by atoms with E-state index in [1.54, 1.807) is 13.8 Å². The second-order valence-corrected chi connectivity index (χ2v) is 6.59. The van der Waals surface area contributed by atoms with Gasteiger partial charge in [0.1, 0.15) is 17.4 Å². The lowest BCUT2D eigenvalue weighted by molar-refractivity contribution is -0.158. The first-order chi connectivity index (χ1) is 11.8. The van der Waals surface area contributed by atoms with Gasteiger partial charge in [-0.05, 0) is 33.1 Å². The molecule has 0 aliphatic carbocycles. The topological polar surface area (TPSA) is 88.1 Å². The maximum absolute atomic E-state index is 12.4. The van der Waals surface area contributed by atoms with E-state index < -0.39 is 35.0 Å². The summed E-state index contributed by atoms with van der Waals surface area (Å²) in [6, 6.07) is 0. The number of esters is 3. The molecule has 2 rings (SSSR count). The third-order valence-electron chi connectivity index (χ3n) is 5.00. The fraction of sp³-hybridized carbons (Fsp3) is 0.722. The maximum Gasteiger partial charge on any atom is 0.312 e. The lowest BCUT2D eigenvalue weighted by Crippen LogP contribution is -2.46. The smallest absolute Gasteiger partial charge is 0.312 e. The van der Waals surface area contributed by atoms with Crippen LogP contribution in [0.3, 0.4) is 0 Å². The Morgan fingerprint density at radius 3 is 2.28 bits per heavy atom. The Bertz CT molecular complexity index is 570. The van der Waals surface area contributed by atoms with Crippen LogP contribution >= 0.6 is 0 Å². The molecule has 2 aliphatic rings. The van der Waals surface area contributed by atoms with Crippen molar-refractivity contribution in [3.8, 4) is 0 Å². The number of methoxy groups -OCH3 is 2. The zero-order chi connectivity index (χ0) is 18.7. The summed E-state index contributed by atoms with van der Waals surface area (Å²) < 4.78 is 20.9. The molecule has 0 aromatic heterocycles. The Kier molecular flexibility index (Phi) is 5.87. The standard InChI is InChI=1S/C18H26O7/c1-5-24-12(19)8-6-7-9-18-11-10-17(2,25-18)13(15(20)22-3)14(18)16(21)23-4/h10-11,13-14H,5-9H2,1-4H3/t13-,14+,17+,18-/m0/s1. The first kappa shape index (κ1) is 19.4. The van der Waals surface area contributed by atoms with Gasteiger partial charge in [-0.15, -0.1) is 0 Å². The molecule has 2 aliphatic heterocycles. The van der Waals surface area contributed by atoms with E-state index in [2.05, 4.69) is 0 Å². The number of carbonyl (C=O) groups is 3. The Morgan fingerprint density at radius 2 is 1.68 bits per heavy atom. The molecule has 1 fully saturated rings. The zero-order valence-electron chi connectivity index (χ0n) is 15.2. The molecule has 0 amide bonds. The number of ether oxygens (including phenoxy) is 4. The van der Waals surface area contributed by atoms with Gasteiger partial charge >= 0.3 is 17.9 Å². The van der Waals surface area contributed by atoms with Gasteiger partial charge in [-0.1, -0.05) is 12.2 Å². The lowest BCUT2D eigenvalue weighted by Gasteiger charge is -2.31. The normalized spacial score (nSPS) is 32.5. The third kappa shape index (κ3) is 3.56. The molecule has 25 heavy (non-hydrogen) atoms.